The topological polar surface area (TPSA) is 41.6 Å². The first-order valence-electron chi connectivity index (χ1n) is 6.96. The molecule has 4 nitrogen and oxygen atoms in total. The van der Waals surface area contributed by atoms with Crippen LogP contribution in [0.3, 0.4) is 0 Å². The summed E-state index contributed by atoms with van der Waals surface area (Å²) in [6, 6.07) is -0.175. The number of likely N-dealkylation sites (tertiary alicyclic amines) is 1. The highest BCUT2D eigenvalue weighted by molar-refractivity contribution is 5.75. The highest BCUT2D eigenvalue weighted by Gasteiger charge is 2.24. The lowest BCUT2D eigenvalue weighted by atomic mass is 9.85. The molecule has 1 aliphatic heterocycles. The van der Waals surface area contributed by atoms with E-state index in [4.69, 9.17) is 4.74 Å². The van der Waals surface area contributed by atoms with E-state index in [0.717, 1.165) is 26.1 Å². The van der Waals surface area contributed by atoms with Gasteiger partial charge in [0, 0.05) is 6.54 Å². The number of ether oxygens (including phenoxy) is 1. The molecule has 1 atom stereocenters. The van der Waals surface area contributed by atoms with E-state index < -0.39 is 0 Å². The fourth-order valence-electron chi connectivity index (χ4n) is 2.54. The number of likely N-dealkylation sites (N-methyl/N-ethyl adjacent to an activating group) is 1. The molecular weight excluding hydrogens is 228 g/mol. The van der Waals surface area contributed by atoms with Crippen molar-refractivity contribution in [2.45, 2.75) is 45.6 Å². The van der Waals surface area contributed by atoms with Crippen molar-refractivity contribution in [3.63, 3.8) is 0 Å². The minimum Gasteiger partial charge on any atom is -0.468 e. The van der Waals surface area contributed by atoms with Crippen molar-refractivity contribution in [1.29, 1.82) is 0 Å². The predicted molar refractivity (Wildman–Crippen MR) is 73.6 cm³/mol. The van der Waals surface area contributed by atoms with Crippen LogP contribution in [0.2, 0.25) is 0 Å². The number of methoxy groups -OCH3 is 1. The number of esters is 1. The molecule has 0 spiro atoms. The summed E-state index contributed by atoms with van der Waals surface area (Å²) in [5.74, 6) is -0.160. The molecule has 0 bridgehead atoms. The van der Waals surface area contributed by atoms with Gasteiger partial charge in [0.2, 0.25) is 0 Å². The largest absolute Gasteiger partial charge is 0.468 e. The molecule has 1 fully saturated rings. The summed E-state index contributed by atoms with van der Waals surface area (Å²) in [5, 5.41) is 3.02. The summed E-state index contributed by atoms with van der Waals surface area (Å²) < 4.78 is 4.78. The zero-order chi connectivity index (χ0) is 13.6. The molecule has 0 radical (unpaired) electrons. The molecule has 0 aromatic heterocycles. The molecule has 4 heteroatoms. The van der Waals surface area contributed by atoms with Crippen LogP contribution in [0.15, 0.2) is 0 Å². The average molecular weight is 256 g/mol. The van der Waals surface area contributed by atoms with Crippen molar-refractivity contribution < 1.29 is 9.53 Å². The second-order valence-corrected chi connectivity index (χ2v) is 6.01. The monoisotopic (exact) mass is 256 g/mol. The summed E-state index contributed by atoms with van der Waals surface area (Å²) in [5.41, 5.74) is 0.472. The van der Waals surface area contributed by atoms with Gasteiger partial charge in [-0.1, -0.05) is 13.8 Å². The quantitative estimate of drug-likeness (QED) is 0.760. The minimum absolute atomic E-state index is 0.160. The first-order chi connectivity index (χ1) is 8.48. The third-order valence-electron chi connectivity index (χ3n) is 4.00. The maximum absolute atomic E-state index is 11.5. The second-order valence-electron chi connectivity index (χ2n) is 6.01. The van der Waals surface area contributed by atoms with Gasteiger partial charge < -0.3 is 15.0 Å². The van der Waals surface area contributed by atoms with E-state index in [1.54, 1.807) is 0 Å². The van der Waals surface area contributed by atoms with Crippen molar-refractivity contribution in [1.82, 2.24) is 10.2 Å². The first-order valence-corrected chi connectivity index (χ1v) is 6.96. The maximum atomic E-state index is 11.5. The molecule has 1 rings (SSSR count). The van der Waals surface area contributed by atoms with Crippen molar-refractivity contribution in [3.05, 3.63) is 0 Å². The molecule has 1 N–H and O–H groups in total. The van der Waals surface area contributed by atoms with Crippen molar-refractivity contribution in [2.75, 3.05) is 33.8 Å². The molecule has 1 heterocycles. The van der Waals surface area contributed by atoms with E-state index in [0.29, 0.717) is 5.41 Å². The van der Waals surface area contributed by atoms with Crippen molar-refractivity contribution >= 4 is 5.97 Å². The SMILES string of the molecule is CNC(CCN1CCCC(C)(C)CC1)C(=O)OC. The summed E-state index contributed by atoms with van der Waals surface area (Å²) in [4.78, 5) is 14.0. The van der Waals surface area contributed by atoms with Gasteiger partial charge in [0.05, 0.1) is 7.11 Å². The lowest BCUT2D eigenvalue weighted by molar-refractivity contribution is -0.143. The highest BCUT2D eigenvalue weighted by atomic mass is 16.5. The molecule has 0 aromatic rings. The Kier molecular flexibility index (Phi) is 6.09. The van der Waals surface area contributed by atoms with Gasteiger partial charge >= 0.3 is 5.97 Å². The Morgan fingerprint density at radius 1 is 1.39 bits per heavy atom. The summed E-state index contributed by atoms with van der Waals surface area (Å²) >= 11 is 0. The molecule has 0 amide bonds. The van der Waals surface area contributed by atoms with E-state index in [9.17, 15) is 4.79 Å². The summed E-state index contributed by atoms with van der Waals surface area (Å²) in [7, 11) is 3.26. The van der Waals surface area contributed by atoms with E-state index in [2.05, 4.69) is 24.1 Å². The molecular formula is C14H28N2O2. The van der Waals surface area contributed by atoms with Crippen LogP contribution in [-0.4, -0.2) is 50.7 Å². The van der Waals surface area contributed by atoms with Crippen LogP contribution in [0, 0.1) is 5.41 Å². The second kappa shape index (κ2) is 7.10. The normalized spacial score (nSPS) is 22.2. The number of nitrogens with one attached hydrogen (secondary N) is 1. The van der Waals surface area contributed by atoms with Crippen LogP contribution in [0.25, 0.3) is 0 Å². The van der Waals surface area contributed by atoms with E-state index in [1.165, 1.54) is 26.4 Å². The minimum atomic E-state index is -0.175. The summed E-state index contributed by atoms with van der Waals surface area (Å²) in [6.45, 7) is 7.96. The molecule has 18 heavy (non-hydrogen) atoms. The van der Waals surface area contributed by atoms with Crippen LogP contribution in [0.4, 0.5) is 0 Å². The van der Waals surface area contributed by atoms with Crippen LogP contribution < -0.4 is 5.32 Å². The van der Waals surface area contributed by atoms with Crippen LogP contribution >= 0.6 is 0 Å². The highest BCUT2D eigenvalue weighted by Crippen LogP contribution is 2.29. The Bertz CT molecular complexity index is 267. The molecule has 1 aliphatic rings. The Balaban J connectivity index is 2.36. The maximum Gasteiger partial charge on any atom is 0.322 e. The number of nitrogens with zero attached hydrogens (tertiary/aromatic N) is 1. The Hall–Kier alpha value is -0.610. The number of hydrogen-bond acceptors (Lipinski definition) is 4. The standard InChI is InChI=1S/C14H28N2O2/c1-14(2)7-5-9-16(11-8-14)10-6-12(15-3)13(17)18-4/h12,15H,5-11H2,1-4H3. The third-order valence-corrected chi connectivity index (χ3v) is 4.00. The predicted octanol–water partition coefficient (Wildman–Crippen LogP) is 1.65. The van der Waals surface area contributed by atoms with Gasteiger partial charge in [-0.3, -0.25) is 4.79 Å². The van der Waals surface area contributed by atoms with Gasteiger partial charge in [0.15, 0.2) is 0 Å². The zero-order valence-corrected chi connectivity index (χ0v) is 12.3. The van der Waals surface area contributed by atoms with Gasteiger partial charge in [-0.2, -0.15) is 0 Å². The van der Waals surface area contributed by atoms with Crippen molar-refractivity contribution in [3.8, 4) is 0 Å². The van der Waals surface area contributed by atoms with Gasteiger partial charge in [0.1, 0.15) is 6.04 Å². The van der Waals surface area contributed by atoms with Crippen LogP contribution in [0.5, 0.6) is 0 Å². The number of rotatable bonds is 5. The van der Waals surface area contributed by atoms with Crippen LogP contribution in [0.1, 0.15) is 39.5 Å². The van der Waals surface area contributed by atoms with Gasteiger partial charge in [-0.25, -0.2) is 0 Å². The third kappa shape index (κ3) is 4.94. The van der Waals surface area contributed by atoms with Gasteiger partial charge in [-0.05, 0) is 51.2 Å². The average Bonchev–Trinajstić information content (AvgIpc) is 2.51. The molecule has 106 valence electrons. The molecule has 1 saturated heterocycles. The fraction of sp³-hybridized carbons (Fsp3) is 0.929. The molecule has 0 aliphatic carbocycles. The Morgan fingerprint density at radius 2 is 2.11 bits per heavy atom. The van der Waals surface area contributed by atoms with E-state index in [1.807, 2.05) is 7.05 Å². The van der Waals surface area contributed by atoms with Crippen LogP contribution in [-0.2, 0) is 9.53 Å². The Labute approximate surface area is 111 Å². The number of hydrogen-bond donors (Lipinski definition) is 1. The number of carbonyl (C=O) groups is 1. The lowest BCUT2D eigenvalue weighted by Crippen LogP contribution is -2.39. The smallest absolute Gasteiger partial charge is 0.322 e. The Morgan fingerprint density at radius 3 is 2.72 bits per heavy atom. The molecule has 1 unspecified atom stereocenters. The summed E-state index contributed by atoms with van der Waals surface area (Å²) in [6.07, 6.45) is 4.63. The fourth-order valence-corrected chi connectivity index (χ4v) is 2.54. The number of carbonyl (C=O) groups excluding carboxylic acids is 1. The first kappa shape index (κ1) is 15.4. The van der Waals surface area contributed by atoms with Crippen molar-refractivity contribution in [2.24, 2.45) is 5.41 Å². The van der Waals surface area contributed by atoms with Gasteiger partial charge in [0.25, 0.3) is 0 Å². The molecule has 0 aromatic carbocycles. The lowest BCUT2D eigenvalue weighted by Gasteiger charge is -2.24. The molecule has 0 saturated carbocycles. The zero-order valence-electron chi connectivity index (χ0n) is 12.3. The van der Waals surface area contributed by atoms with E-state index >= 15 is 0 Å². The van der Waals surface area contributed by atoms with E-state index in [-0.39, 0.29) is 12.0 Å². The van der Waals surface area contributed by atoms with Gasteiger partial charge in [-0.15, -0.1) is 0 Å².